The second-order valence-electron chi connectivity index (χ2n) is 3.35. The number of carbonyl (C=O) groups excluding carboxylic acids is 2. The Morgan fingerprint density at radius 3 is 2.72 bits per heavy atom. The van der Waals surface area contributed by atoms with Gasteiger partial charge in [-0.25, -0.2) is 4.79 Å². The largest absolute Gasteiger partial charge is 0.507 e. The molecule has 18 heavy (non-hydrogen) atoms. The number of hydrogen-bond acceptors (Lipinski definition) is 5. The zero-order valence-electron chi connectivity index (χ0n) is 10.2. The van der Waals surface area contributed by atoms with E-state index in [0.717, 1.165) is 6.08 Å². The van der Waals surface area contributed by atoms with E-state index in [2.05, 4.69) is 4.74 Å². The monoisotopic (exact) mass is 250 g/mol. The standard InChI is InChI=1S/C13H14O5/c1-3-18-13(16)12(15)8-11(14)9-5-4-6-10(7-9)17-2/h4-8,14H,3H2,1-2H3. The van der Waals surface area contributed by atoms with Gasteiger partial charge < -0.3 is 14.6 Å². The van der Waals surface area contributed by atoms with Crippen LogP contribution < -0.4 is 4.74 Å². The van der Waals surface area contributed by atoms with Crippen molar-refractivity contribution in [2.75, 3.05) is 13.7 Å². The maximum Gasteiger partial charge on any atom is 0.379 e. The molecule has 0 unspecified atom stereocenters. The number of rotatable bonds is 5. The molecule has 0 spiro atoms. The van der Waals surface area contributed by atoms with Gasteiger partial charge in [0, 0.05) is 11.6 Å². The van der Waals surface area contributed by atoms with Gasteiger partial charge in [0.2, 0.25) is 0 Å². The Morgan fingerprint density at radius 2 is 2.11 bits per heavy atom. The fourth-order valence-corrected chi connectivity index (χ4v) is 1.25. The van der Waals surface area contributed by atoms with E-state index in [-0.39, 0.29) is 12.4 Å². The predicted molar refractivity (Wildman–Crippen MR) is 65.2 cm³/mol. The van der Waals surface area contributed by atoms with Crippen molar-refractivity contribution in [3.05, 3.63) is 35.9 Å². The molecule has 0 saturated carbocycles. The molecule has 0 amide bonds. The molecule has 0 bridgehead atoms. The molecule has 1 rings (SSSR count). The first kappa shape index (κ1) is 13.8. The summed E-state index contributed by atoms with van der Waals surface area (Å²) in [7, 11) is 1.49. The molecular weight excluding hydrogens is 236 g/mol. The van der Waals surface area contributed by atoms with Crippen LogP contribution in [0.1, 0.15) is 12.5 Å². The van der Waals surface area contributed by atoms with E-state index >= 15 is 0 Å². The molecule has 0 heterocycles. The number of esters is 1. The average Bonchev–Trinajstić information content (AvgIpc) is 2.39. The molecule has 0 aliphatic carbocycles. The van der Waals surface area contributed by atoms with Crippen LogP contribution >= 0.6 is 0 Å². The van der Waals surface area contributed by atoms with Gasteiger partial charge in [0.05, 0.1) is 13.7 Å². The summed E-state index contributed by atoms with van der Waals surface area (Å²) < 4.78 is 9.50. The molecule has 0 aliphatic rings. The second kappa shape index (κ2) is 6.44. The lowest BCUT2D eigenvalue weighted by atomic mass is 10.1. The first-order valence-corrected chi connectivity index (χ1v) is 5.34. The number of methoxy groups -OCH3 is 1. The minimum atomic E-state index is -0.994. The Labute approximate surface area is 105 Å². The lowest BCUT2D eigenvalue weighted by molar-refractivity contribution is -0.151. The number of aliphatic hydroxyl groups is 1. The number of ketones is 1. The van der Waals surface area contributed by atoms with Crippen LogP contribution in [0.15, 0.2) is 30.3 Å². The summed E-state index contributed by atoms with van der Waals surface area (Å²) in [4.78, 5) is 22.4. The van der Waals surface area contributed by atoms with Crippen molar-refractivity contribution in [3.8, 4) is 5.75 Å². The van der Waals surface area contributed by atoms with Gasteiger partial charge in [-0.3, -0.25) is 4.79 Å². The number of carbonyl (C=O) groups is 2. The molecule has 1 aromatic carbocycles. The third kappa shape index (κ3) is 3.62. The van der Waals surface area contributed by atoms with E-state index in [9.17, 15) is 14.7 Å². The van der Waals surface area contributed by atoms with Gasteiger partial charge in [0.1, 0.15) is 11.5 Å². The number of hydrogen-bond donors (Lipinski definition) is 1. The van der Waals surface area contributed by atoms with Crippen molar-refractivity contribution in [1.29, 1.82) is 0 Å². The number of aliphatic hydroxyl groups excluding tert-OH is 1. The molecule has 0 saturated heterocycles. The summed E-state index contributed by atoms with van der Waals surface area (Å²) in [6, 6.07) is 6.49. The van der Waals surface area contributed by atoms with Crippen LogP contribution in [0, 0.1) is 0 Å². The van der Waals surface area contributed by atoms with Crippen molar-refractivity contribution in [3.63, 3.8) is 0 Å². The summed E-state index contributed by atoms with van der Waals surface area (Å²) in [5.41, 5.74) is 0.381. The van der Waals surface area contributed by atoms with Gasteiger partial charge in [-0.2, -0.15) is 0 Å². The van der Waals surface area contributed by atoms with E-state index in [1.807, 2.05) is 0 Å². The number of benzene rings is 1. The molecule has 0 aliphatic heterocycles. The van der Waals surface area contributed by atoms with Crippen LogP contribution in [-0.4, -0.2) is 30.6 Å². The Kier molecular flexibility index (Phi) is 4.92. The van der Waals surface area contributed by atoms with E-state index in [1.54, 1.807) is 31.2 Å². The fraction of sp³-hybridized carbons (Fsp3) is 0.231. The summed E-state index contributed by atoms with van der Waals surface area (Å²) >= 11 is 0. The molecule has 0 aromatic heterocycles. The molecule has 0 fully saturated rings. The van der Waals surface area contributed by atoms with Crippen molar-refractivity contribution in [2.45, 2.75) is 6.92 Å². The highest BCUT2D eigenvalue weighted by atomic mass is 16.5. The summed E-state index contributed by atoms with van der Waals surface area (Å²) in [6.07, 6.45) is 0.826. The first-order valence-electron chi connectivity index (χ1n) is 5.34. The summed E-state index contributed by atoms with van der Waals surface area (Å²) in [5, 5.41) is 9.70. The fourth-order valence-electron chi connectivity index (χ4n) is 1.25. The van der Waals surface area contributed by atoms with E-state index < -0.39 is 11.8 Å². The van der Waals surface area contributed by atoms with Crippen molar-refractivity contribution in [1.82, 2.24) is 0 Å². The highest BCUT2D eigenvalue weighted by Crippen LogP contribution is 2.18. The molecule has 5 nitrogen and oxygen atoms in total. The van der Waals surface area contributed by atoms with Crippen molar-refractivity contribution < 1.29 is 24.2 Å². The molecule has 96 valence electrons. The summed E-state index contributed by atoms with van der Waals surface area (Å²) in [5.74, 6) is -1.67. The van der Waals surface area contributed by atoms with E-state index in [0.29, 0.717) is 11.3 Å². The van der Waals surface area contributed by atoms with Crippen LogP contribution in [0.5, 0.6) is 5.75 Å². The highest BCUT2D eigenvalue weighted by molar-refractivity contribution is 6.39. The molecule has 0 radical (unpaired) electrons. The maximum absolute atomic E-state index is 11.3. The van der Waals surface area contributed by atoms with Gasteiger partial charge in [-0.15, -0.1) is 0 Å². The maximum atomic E-state index is 11.3. The van der Waals surface area contributed by atoms with Crippen LogP contribution in [0.2, 0.25) is 0 Å². The smallest absolute Gasteiger partial charge is 0.379 e. The lowest BCUT2D eigenvalue weighted by Crippen LogP contribution is -2.15. The minimum absolute atomic E-state index is 0.109. The molecule has 1 N–H and O–H groups in total. The zero-order chi connectivity index (χ0) is 13.5. The Morgan fingerprint density at radius 1 is 1.39 bits per heavy atom. The van der Waals surface area contributed by atoms with Gasteiger partial charge >= 0.3 is 5.97 Å². The predicted octanol–water partition coefficient (Wildman–Crippen LogP) is 1.73. The molecule has 0 atom stereocenters. The highest BCUT2D eigenvalue weighted by Gasteiger charge is 2.13. The quantitative estimate of drug-likeness (QED) is 0.373. The first-order chi connectivity index (χ1) is 8.58. The van der Waals surface area contributed by atoms with Crippen LogP contribution in [0.25, 0.3) is 5.76 Å². The van der Waals surface area contributed by atoms with Crippen LogP contribution in [-0.2, 0) is 14.3 Å². The zero-order valence-corrected chi connectivity index (χ0v) is 10.2. The summed E-state index contributed by atoms with van der Waals surface area (Å²) in [6.45, 7) is 1.70. The lowest BCUT2D eigenvalue weighted by Gasteiger charge is -2.03. The third-order valence-electron chi connectivity index (χ3n) is 2.11. The molecule has 5 heteroatoms. The van der Waals surface area contributed by atoms with Gasteiger partial charge in [0.15, 0.2) is 0 Å². The number of ether oxygens (including phenoxy) is 2. The Balaban J connectivity index is 2.88. The molecular formula is C13H14O5. The molecule has 1 aromatic rings. The Hall–Kier alpha value is -2.30. The van der Waals surface area contributed by atoms with E-state index in [4.69, 9.17) is 4.74 Å². The van der Waals surface area contributed by atoms with Crippen LogP contribution in [0.3, 0.4) is 0 Å². The topological polar surface area (TPSA) is 72.8 Å². The van der Waals surface area contributed by atoms with Crippen molar-refractivity contribution >= 4 is 17.5 Å². The minimum Gasteiger partial charge on any atom is -0.507 e. The third-order valence-corrected chi connectivity index (χ3v) is 2.11. The van der Waals surface area contributed by atoms with Gasteiger partial charge in [0.25, 0.3) is 5.78 Å². The second-order valence-corrected chi connectivity index (χ2v) is 3.35. The van der Waals surface area contributed by atoms with Crippen molar-refractivity contribution in [2.24, 2.45) is 0 Å². The van der Waals surface area contributed by atoms with Gasteiger partial charge in [-0.05, 0) is 19.1 Å². The Bertz CT molecular complexity index is 476. The van der Waals surface area contributed by atoms with E-state index in [1.165, 1.54) is 7.11 Å². The normalized spacial score (nSPS) is 10.9. The average molecular weight is 250 g/mol. The SMILES string of the molecule is CCOC(=O)C(=O)C=C(O)c1cccc(OC)c1. The van der Waals surface area contributed by atoms with Crippen LogP contribution in [0.4, 0.5) is 0 Å². The van der Waals surface area contributed by atoms with Gasteiger partial charge in [-0.1, -0.05) is 12.1 Å².